The molecule has 9 rings (SSSR count). The van der Waals surface area contributed by atoms with Crippen LogP contribution in [-0.2, 0) is 9.59 Å². The van der Waals surface area contributed by atoms with Crippen molar-refractivity contribution in [3.63, 3.8) is 0 Å². The van der Waals surface area contributed by atoms with E-state index in [-0.39, 0.29) is 24.2 Å². The minimum atomic E-state index is -0.958. The van der Waals surface area contributed by atoms with Gasteiger partial charge in [-0.05, 0) is 80.5 Å². The zero-order valence-electron chi connectivity index (χ0n) is 31.6. The summed E-state index contributed by atoms with van der Waals surface area (Å²) >= 11 is 6.39. The number of hydrogen-bond donors (Lipinski definition) is 1. The molecule has 13 nitrogen and oxygen atoms in total. The van der Waals surface area contributed by atoms with Gasteiger partial charge in [-0.3, -0.25) is 34.3 Å². The van der Waals surface area contributed by atoms with Crippen LogP contribution < -0.4 is 24.9 Å². The van der Waals surface area contributed by atoms with E-state index in [1.807, 2.05) is 30.5 Å². The number of imide groups is 2. The zero-order chi connectivity index (χ0) is 38.7. The Morgan fingerprint density at radius 3 is 2.29 bits per heavy atom. The lowest BCUT2D eigenvalue weighted by molar-refractivity contribution is -0.136. The fourth-order valence-corrected chi connectivity index (χ4v) is 10.1. The smallest absolute Gasteiger partial charge is 0.262 e. The number of piperidine rings is 2. The van der Waals surface area contributed by atoms with Crippen molar-refractivity contribution < 1.29 is 19.2 Å². The molecule has 290 valence electrons. The van der Waals surface area contributed by atoms with Crippen LogP contribution in [0, 0.1) is 17.9 Å². The Labute approximate surface area is 332 Å². The molecule has 14 heteroatoms. The number of anilines is 4. The van der Waals surface area contributed by atoms with Crippen LogP contribution >= 0.6 is 11.6 Å². The summed E-state index contributed by atoms with van der Waals surface area (Å²) in [7, 11) is 0. The van der Waals surface area contributed by atoms with E-state index < -0.39 is 23.8 Å². The van der Waals surface area contributed by atoms with Gasteiger partial charge in [0, 0.05) is 100 Å². The third-order valence-electron chi connectivity index (χ3n) is 13.0. The van der Waals surface area contributed by atoms with Gasteiger partial charge in [0.05, 0.1) is 29.6 Å². The van der Waals surface area contributed by atoms with Gasteiger partial charge in [-0.2, -0.15) is 0 Å². The molecule has 6 aliphatic heterocycles. The maximum atomic E-state index is 13.3. The molecule has 1 unspecified atom stereocenters. The van der Waals surface area contributed by atoms with Crippen molar-refractivity contribution in [1.82, 2.24) is 20.1 Å². The molecule has 1 aromatic heterocycles. The predicted octanol–water partition coefficient (Wildman–Crippen LogP) is 4.83. The number of nitrogens with zero attached hydrogens (tertiary/aromatic N) is 8. The SMILES string of the molecule is [C-]#[N+]c1ccc(N2CC3(CCN(c4ccc(N5CCN(CC6CN(c7ccc8c(c7)C(=O)N(C7CCC(=O)NC7=O)C8=O)C6)CC5)cn4)CC3)C[C@@H]2C)cc1Cl. The van der Waals surface area contributed by atoms with E-state index in [1.54, 1.807) is 12.1 Å². The molecule has 0 radical (unpaired) electrons. The molecule has 0 saturated carbocycles. The van der Waals surface area contributed by atoms with Crippen molar-refractivity contribution in [1.29, 1.82) is 0 Å². The summed E-state index contributed by atoms with van der Waals surface area (Å²) < 4.78 is 0. The summed E-state index contributed by atoms with van der Waals surface area (Å²) in [4.78, 5) is 71.9. The van der Waals surface area contributed by atoms with Gasteiger partial charge < -0.3 is 19.6 Å². The molecule has 5 saturated heterocycles. The van der Waals surface area contributed by atoms with Gasteiger partial charge in [-0.25, -0.2) is 9.83 Å². The summed E-state index contributed by atoms with van der Waals surface area (Å²) in [6, 6.07) is 15.0. The molecule has 3 aromatic rings. The van der Waals surface area contributed by atoms with Crippen LogP contribution in [0.5, 0.6) is 0 Å². The average Bonchev–Trinajstić information content (AvgIpc) is 3.64. The van der Waals surface area contributed by atoms with Gasteiger partial charge in [-0.1, -0.05) is 17.7 Å². The molecular formula is C42H46ClN9O4. The molecule has 7 heterocycles. The van der Waals surface area contributed by atoms with E-state index >= 15 is 0 Å². The van der Waals surface area contributed by atoms with Crippen LogP contribution in [0.3, 0.4) is 0 Å². The Balaban J connectivity index is 0.725. The third-order valence-corrected chi connectivity index (χ3v) is 13.3. The van der Waals surface area contributed by atoms with Crippen LogP contribution in [-0.4, -0.2) is 116 Å². The monoisotopic (exact) mass is 775 g/mol. The summed E-state index contributed by atoms with van der Waals surface area (Å²) in [5.41, 5.74) is 4.60. The van der Waals surface area contributed by atoms with Crippen LogP contribution in [0.2, 0.25) is 5.02 Å². The van der Waals surface area contributed by atoms with Crippen LogP contribution in [0.4, 0.5) is 28.6 Å². The van der Waals surface area contributed by atoms with Gasteiger partial charge in [-0.15, -0.1) is 0 Å². The minimum Gasteiger partial charge on any atom is -0.371 e. The van der Waals surface area contributed by atoms with Crippen molar-refractivity contribution in [3.05, 3.63) is 82.3 Å². The van der Waals surface area contributed by atoms with Crippen LogP contribution in [0.25, 0.3) is 4.85 Å². The molecule has 4 amide bonds. The normalized spacial score (nSPS) is 24.1. The van der Waals surface area contributed by atoms with Crippen molar-refractivity contribution in [2.24, 2.45) is 11.3 Å². The Morgan fingerprint density at radius 2 is 1.59 bits per heavy atom. The van der Waals surface area contributed by atoms with E-state index in [9.17, 15) is 19.2 Å². The quantitative estimate of drug-likeness (QED) is 0.264. The average molecular weight is 776 g/mol. The van der Waals surface area contributed by atoms with E-state index in [1.165, 1.54) is 5.69 Å². The Morgan fingerprint density at radius 1 is 0.857 bits per heavy atom. The van der Waals surface area contributed by atoms with Crippen molar-refractivity contribution in [2.75, 3.05) is 85.0 Å². The topological polar surface area (TPSA) is 117 Å². The fraction of sp³-hybridized carbons (Fsp3) is 0.476. The van der Waals surface area contributed by atoms with E-state index in [0.29, 0.717) is 33.8 Å². The Bertz CT molecular complexity index is 2120. The molecule has 2 atom stereocenters. The lowest BCUT2D eigenvalue weighted by Gasteiger charge is -2.45. The molecule has 1 N–H and O–H groups in total. The number of rotatable bonds is 7. The van der Waals surface area contributed by atoms with Gasteiger partial charge in [0.1, 0.15) is 11.9 Å². The van der Waals surface area contributed by atoms with E-state index in [4.69, 9.17) is 23.2 Å². The number of halogens is 1. The first-order valence-corrected chi connectivity index (χ1v) is 20.2. The maximum Gasteiger partial charge on any atom is 0.262 e. The number of nitrogens with one attached hydrogen (secondary N) is 1. The lowest BCUT2D eigenvalue weighted by Crippen LogP contribution is -2.55. The predicted molar refractivity (Wildman–Crippen MR) is 215 cm³/mol. The fourth-order valence-electron chi connectivity index (χ4n) is 9.86. The second-order valence-corrected chi connectivity index (χ2v) is 16.9. The highest BCUT2D eigenvalue weighted by atomic mass is 35.5. The zero-order valence-corrected chi connectivity index (χ0v) is 32.4. The largest absolute Gasteiger partial charge is 0.371 e. The van der Waals surface area contributed by atoms with Crippen LogP contribution in [0.15, 0.2) is 54.7 Å². The van der Waals surface area contributed by atoms with Gasteiger partial charge >= 0.3 is 0 Å². The maximum absolute atomic E-state index is 13.3. The molecule has 1 spiro atoms. The molecule has 2 aromatic carbocycles. The standard InChI is InChI=1S/C42H46ClN9O4/c1-27-21-42(26-51(27)30-4-7-35(44-2)34(43)20-30)11-13-49(14-12-42)37-9-5-31(22-45-37)48-17-15-47(16-18-48)23-28-24-50(25-28)29-3-6-32-33(19-29)41(56)52(40(32)55)36-8-10-38(53)46-39(36)54/h3-7,9,19-20,22,27-28,36H,8,10-18,21,23-26H2,1H3,(H,46,53,54)/t27-,36?/m0/s1. The number of fused-ring (bicyclic) bond motifs is 1. The highest BCUT2D eigenvalue weighted by Crippen LogP contribution is 2.46. The highest BCUT2D eigenvalue weighted by Gasteiger charge is 2.46. The van der Waals surface area contributed by atoms with Gasteiger partial charge in [0.2, 0.25) is 17.5 Å². The number of amides is 4. The molecule has 5 fully saturated rings. The summed E-state index contributed by atoms with van der Waals surface area (Å²) in [5.74, 6) is -0.363. The molecule has 56 heavy (non-hydrogen) atoms. The summed E-state index contributed by atoms with van der Waals surface area (Å²) in [5, 5.41) is 2.77. The number of hydrogen-bond acceptors (Lipinski definition) is 10. The second-order valence-electron chi connectivity index (χ2n) is 16.5. The van der Waals surface area contributed by atoms with Crippen molar-refractivity contribution in [3.8, 4) is 0 Å². The van der Waals surface area contributed by atoms with E-state index in [0.717, 1.165) is 107 Å². The molecular weight excluding hydrogens is 730 g/mol. The van der Waals surface area contributed by atoms with Gasteiger partial charge in [0.25, 0.3) is 11.8 Å². The Hall–Kier alpha value is -5.19. The summed E-state index contributed by atoms with van der Waals surface area (Å²) in [6.07, 6.45) is 5.71. The van der Waals surface area contributed by atoms with Crippen LogP contribution in [0.1, 0.15) is 59.7 Å². The lowest BCUT2D eigenvalue weighted by atomic mass is 9.77. The number of benzene rings is 2. The summed E-state index contributed by atoms with van der Waals surface area (Å²) in [6.45, 7) is 19.3. The van der Waals surface area contributed by atoms with E-state index in [2.05, 4.69) is 53.7 Å². The first-order chi connectivity index (χ1) is 27.1. The first kappa shape index (κ1) is 36.4. The number of piperazine rings is 1. The van der Waals surface area contributed by atoms with Crippen molar-refractivity contribution in [2.45, 2.75) is 51.1 Å². The third kappa shape index (κ3) is 6.62. The second kappa shape index (κ2) is 14.4. The minimum absolute atomic E-state index is 0.102. The number of aromatic nitrogens is 1. The van der Waals surface area contributed by atoms with Gasteiger partial charge in [0.15, 0.2) is 0 Å². The van der Waals surface area contributed by atoms with Crippen molar-refractivity contribution >= 4 is 63.8 Å². The highest BCUT2D eigenvalue weighted by molar-refractivity contribution is 6.33. The molecule has 6 aliphatic rings. The molecule has 0 aliphatic carbocycles. The number of carbonyl (C=O) groups excluding carboxylic acids is 4. The number of pyridine rings is 1. The number of carbonyl (C=O) groups is 4. The molecule has 0 bridgehead atoms. The first-order valence-electron chi connectivity index (χ1n) is 19.8. The Kier molecular flexibility index (Phi) is 9.37.